The van der Waals surface area contributed by atoms with Crippen molar-refractivity contribution < 1.29 is 9.47 Å². The third-order valence-electron chi connectivity index (χ3n) is 6.74. The van der Waals surface area contributed by atoms with Crippen molar-refractivity contribution in [2.75, 3.05) is 27.8 Å². The summed E-state index contributed by atoms with van der Waals surface area (Å²) in [5, 5.41) is 3.82. The molecule has 1 saturated heterocycles. The van der Waals surface area contributed by atoms with Gasteiger partial charge in [0.15, 0.2) is 5.96 Å². The standard InChI is InChI=1S/C21H31N3O2/c1-22-20(24(2)14-15-8-4-5-9-17(15)25-3)23-18-16-10-13-26-19(16)21(18)11-6-7-12-21/h4-5,8-9,16,18-19H,6-7,10-14H2,1-3H3,(H,22,23). The molecule has 0 aromatic heterocycles. The van der Waals surface area contributed by atoms with Gasteiger partial charge in [-0.3, -0.25) is 4.99 Å². The second-order valence-electron chi connectivity index (χ2n) is 8.02. The third-order valence-corrected chi connectivity index (χ3v) is 6.74. The fourth-order valence-electron chi connectivity index (χ4n) is 5.55. The lowest BCUT2D eigenvalue weighted by atomic mass is 9.54. The molecular formula is C21H31N3O2. The minimum absolute atomic E-state index is 0.336. The van der Waals surface area contributed by atoms with Gasteiger partial charge >= 0.3 is 0 Å². The van der Waals surface area contributed by atoms with Crippen LogP contribution in [0.4, 0.5) is 0 Å². The van der Waals surface area contributed by atoms with Crippen LogP contribution in [0.1, 0.15) is 37.7 Å². The number of nitrogens with one attached hydrogen (secondary N) is 1. The minimum Gasteiger partial charge on any atom is -0.496 e. The Balaban J connectivity index is 1.47. The number of fused-ring (bicyclic) bond motifs is 2. The second kappa shape index (κ2) is 7.10. The average molecular weight is 357 g/mol. The zero-order valence-electron chi connectivity index (χ0n) is 16.2. The average Bonchev–Trinajstić information content (AvgIpc) is 3.31. The highest BCUT2D eigenvalue weighted by molar-refractivity contribution is 5.80. The van der Waals surface area contributed by atoms with Crippen molar-refractivity contribution >= 4 is 5.96 Å². The highest BCUT2D eigenvalue weighted by atomic mass is 16.5. The number of ether oxygens (including phenoxy) is 2. The summed E-state index contributed by atoms with van der Waals surface area (Å²) in [6, 6.07) is 8.69. The van der Waals surface area contributed by atoms with Gasteiger partial charge in [-0.2, -0.15) is 0 Å². The predicted octanol–water partition coefficient (Wildman–Crippen LogP) is 3.05. The van der Waals surface area contributed by atoms with Gasteiger partial charge in [-0.25, -0.2) is 0 Å². The monoisotopic (exact) mass is 357 g/mol. The molecule has 4 rings (SSSR count). The first-order chi connectivity index (χ1) is 12.7. The molecule has 3 aliphatic rings. The van der Waals surface area contributed by atoms with Gasteiger partial charge < -0.3 is 19.7 Å². The number of guanidine groups is 1. The maximum atomic E-state index is 6.11. The Morgan fingerprint density at radius 2 is 2.12 bits per heavy atom. The van der Waals surface area contributed by atoms with E-state index in [1.54, 1.807) is 7.11 Å². The lowest BCUT2D eigenvalue weighted by molar-refractivity contribution is -0.125. The lowest BCUT2D eigenvalue weighted by Gasteiger charge is -2.57. The summed E-state index contributed by atoms with van der Waals surface area (Å²) in [4.78, 5) is 6.78. The summed E-state index contributed by atoms with van der Waals surface area (Å²) < 4.78 is 11.6. The van der Waals surface area contributed by atoms with Crippen LogP contribution in [-0.4, -0.2) is 50.8 Å². The highest BCUT2D eigenvalue weighted by Crippen LogP contribution is 2.60. The van der Waals surface area contributed by atoms with Gasteiger partial charge in [0.2, 0.25) is 0 Å². The Morgan fingerprint density at radius 1 is 1.35 bits per heavy atom. The smallest absolute Gasteiger partial charge is 0.193 e. The maximum Gasteiger partial charge on any atom is 0.193 e. The van der Waals surface area contributed by atoms with E-state index in [4.69, 9.17) is 9.47 Å². The molecule has 1 aliphatic heterocycles. The molecule has 1 spiro atoms. The normalized spacial score (nSPS) is 29.3. The summed E-state index contributed by atoms with van der Waals surface area (Å²) in [5.74, 6) is 2.54. The zero-order chi connectivity index (χ0) is 18.1. The van der Waals surface area contributed by atoms with E-state index in [1.165, 1.54) is 37.7 Å². The van der Waals surface area contributed by atoms with Crippen molar-refractivity contribution in [1.29, 1.82) is 0 Å². The molecule has 3 fully saturated rings. The molecule has 1 aromatic carbocycles. The molecule has 1 heterocycles. The summed E-state index contributed by atoms with van der Waals surface area (Å²) in [6.45, 7) is 1.69. The first-order valence-electron chi connectivity index (χ1n) is 9.87. The van der Waals surface area contributed by atoms with E-state index in [0.29, 0.717) is 23.5 Å². The van der Waals surface area contributed by atoms with Crippen LogP contribution in [0.25, 0.3) is 0 Å². The fourth-order valence-corrected chi connectivity index (χ4v) is 5.55. The second-order valence-corrected chi connectivity index (χ2v) is 8.02. The van der Waals surface area contributed by atoms with Crippen LogP contribution in [0.2, 0.25) is 0 Å². The van der Waals surface area contributed by atoms with Crippen LogP contribution in [0.5, 0.6) is 5.75 Å². The van der Waals surface area contributed by atoms with E-state index in [9.17, 15) is 0 Å². The van der Waals surface area contributed by atoms with Crippen LogP contribution in [0, 0.1) is 11.3 Å². The first kappa shape index (κ1) is 17.7. The Kier molecular flexibility index (Phi) is 4.82. The van der Waals surface area contributed by atoms with Gasteiger partial charge in [-0.15, -0.1) is 0 Å². The molecule has 142 valence electrons. The van der Waals surface area contributed by atoms with Crippen LogP contribution in [0.3, 0.4) is 0 Å². The van der Waals surface area contributed by atoms with Gasteiger partial charge in [0.25, 0.3) is 0 Å². The lowest BCUT2D eigenvalue weighted by Crippen LogP contribution is -2.69. The topological polar surface area (TPSA) is 46.1 Å². The third kappa shape index (κ3) is 2.77. The number of methoxy groups -OCH3 is 1. The van der Waals surface area contributed by atoms with Crippen LogP contribution >= 0.6 is 0 Å². The molecule has 2 aliphatic carbocycles. The minimum atomic E-state index is 0.336. The molecule has 0 radical (unpaired) electrons. The number of aliphatic imine (C=N–C) groups is 1. The molecule has 2 saturated carbocycles. The van der Waals surface area contributed by atoms with Gasteiger partial charge in [0.1, 0.15) is 5.75 Å². The van der Waals surface area contributed by atoms with E-state index < -0.39 is 0 Å². The van der Waals surface area contributed by atoms with E-state index in [0.717, 1.165) is 24.9 Å². The van der Waals surface area contributed by atoms with Crippen molar-refractivity contribution in [3.63, 3.8) is 0 Å². The number of hydrogen-bond donors (Lipinski definition) is 1. The van der Waals surface area contributed by atoms with E-state index in [-0.39, 0.29) is 0 Å². The van der Waals surface area contributed by atoms with Crippen molar-refractivity contribution in [2.45, 2.75) is 50.8 Å². The van der Waals surface area contributed by atoms with E-state index in [2.05, 4.69) is 34.4 Å². The van der Waals surface area contributed by atoms with E-state index >= 15 is 0 Å². The molecule has 1 N–H and O–H groups in total. The van der Waals surface area contributed by atoms with Gasteiger partial charge in [-0.1, -0.05) is 31.0 Å². The maximum absolute atomic E-state index is 6.11. The van der Waals surface area contributed by atoms with Gasteiger partial charge in [-0.05, 0) is 25.3 Å². The molecule has 3 unspecified atom stereocenters. The summed E-state index contributed by atoms with van der Waals surface area (Å²) in [6.07, 6.45) is 6.90. The summed E-state index contributed by atoms with van der Waals surface area (Å²) in [7, 11) is 5.71. The quantitative estimate of drug-likeness (QED) is 0.665. The Hall–Kier alpha value is -1.75. The number of para-hydroxylation sites is 1. The highest BCUT2D eigenvalue weighted by Gasteiger charge is 2.65. The van der Waals surface area contributed by atoms with Crippen molar-refractivity contribution in [2.24, 2.45) is 16.3 Å². The first-order valence-corrected chi connectivity index (χ1v) is 9.87. The summed E-state index contributed by atoms with van der Waals surface area (Å²) in [5.41, 5.74) is 1.51. The molecule has 3 atom stereocenters. The Labute approximate surface area is 156 Å². The fraction of sp³-hybridized carbons (Fsp3) is 0.667. The number of benzene rings is 1. The Bertz CT molecular complexity index is 669. The van der Waals surface area contributed by atoms with E-state index in [1.807, 2.05) is 19.2 Å². The molecule has 0 bridgehead atoms. The largest absolute Gasteiger partial charge is 0.496 e. The molecule has 26 heavy (non-hydrogen) atoms. The van der Waals surface area contributed by atoms with Gasteiger partial charge in [0, 0.05) is 50.2 Å². The number of rotatable bonds is 4. The van der Waals surface area contributed by atoms with Gasteiger partial charge in [0.05, 0.1) is 13.2 Å². The number of hydrogen-bond acceptors (Lipinski definition) is 3. The molecule has 1 aromatic rings. The van der Waals surface area contributed by atoms with Crippen molar-refractivity contribution in [3.8, 4) is 5.75 Å². The van der Waals surface area contributed by atoms with Crippen LogP contribution in [-0.2, 0) is 11.3 Å². The van der Waals surface area contributed by atoms with Crippen LogP contribution in [0.15, 0.2) is 29.3 Å². The molecule has 0 amide bonds. The number of nitrogens with zero attached hydrogens (tertiary/aromatic N) is 2. The van der Waals surface area contributed by atoms with Crippen molar-refractivity contribution in [1.82, 2.24) is 10.2 Å². The zero-order valence-corrected chi connectivity index (χ0v) is 16.2. The molecule has 5 heteroatoms. The van der Waals surface area contributed by atoms with Crippen molar-refractivity contribution in [3.05, 3.63) is 29.8 Å². The summed E-state index contributed by atoms with van der Waals surface area (Å²) >= 11 is 0. The molecular weight excluding hydrogens is 326 g/mol. The Morgan fingerprint density at radius 3 is 2.85 bits per heavy atom. The molecule has 5 nitrogen and oxygen atoms in total. The predicted molar refractivity (Wildman–Crippen MR) is 103 cm³/mol. The van der Waals surface area contributed by atoms with Crippen LogP contribution < -0.4 is 10.1 Å². The SMILES string of the molecule is CN=C(NC1C2CCOC2C12CCCC2)N(C)Cc1ccccc1OC.